The van der Waals surface area contributed by atoms with Crippen LogP contribution in [0.1, 0.15) is 12.8 Å². The lowest BCUT2D eigenvalue weighted by Gasteiger charge is -2.09. The topological polar surface area (TPSA) is 17.1 Å². The van der Waals surface area contributed by atoms with Crippen molar-refractivity contribution in [3.63, 3.8) is 0 Å². The number of halogens is 1. The van der Waals surface area contributed by atoms with Crippen molar-refractivity contribution in [2.75, 3.05) is 0 Å². The van der Waals surface area contributed by atoms with Crippen LogP contribution in [0.15, 0.2) is 11.6 Å². The summed E-state index contributed by atoms with van der Waals surface area (Å²) < 4.78 is 12.4. The third kappa shape index (κ3) is 1.24. The maximum atomic E-state index is 12.4. The summed E-state index contributed by atoms with van der Waals surface area (Å²) in [6.45, 7) is 0. The first-order valence-electron chi connectivity index (χ1n) is 3.09. The summed E-state index contributed by atoms with van der Waals surface area (Å²) in [7, 11) is 0. The molecule has 0 fully saturated rings. The number of hydrogen-bond donors (Lipinski definition) is 0. The Bertz CT molecular complexity index is 222. The summed E-state index contributed by atoms with van der Waals surface area (Å²) >= 11 is 0. The van der Waals surface area contributed by atoms with E-state index in [1.54, 1.807) is 0 Å². The number of hydrogen-bond acceptors (Lipinski definition) is 1. The van der Waals surface area contributed by atoms with Crippen molar-refractivity contribution >= 4 is 5.78 Å². The first-order valence-corrected chi connectivity index (χ1v) is 3.09. The highest BCUT2D eigenvalue weighted by Crippen LogP contribution is 2.16. The van der Waals surface area contributed by atoms with Gasteiger partial charge in [0.05, 0.1) is 0 Å². The number of terminal acetylenes is 1. The Labute approximate surface area is 58.9 Å². The van der Waals surface area contributed by atoms with Gasteiger partial charge in [0, 0.05) is 5.57 Å². The Balaban J connectivity index is 2.78. The Morgan fingerprint density at radius 2 is 2.50 bits per heavy atom. The van der Waals surface area contributed by atoms with Gasteiger partial charge in [0.1, 0.15) is 0 Å². The molecule has 1 nitrogen and oxygen atoms in total. The minimum Gasteiger partial charge on any atom is -0.292 e. The van der Waals surface area contributed by atoms with E-state index in [0.717, 1.165) is 0 Å². The van der Waals surface area contributed by atoms with Gasteiger partial charge in [-0.15, -0.1) is 6.42 Å². The average Bonchev–Trinajstić information content (AvgIpc) is 1.95. The maximum Gasteiger partial charge on any atom is 0.190 e. The molecule has 1 aliphatic rings. The van der Waals surface area contributed by atoms with Crippen LogP contribution in [0.4, 0.5) is 4.39 Å². The molecule has 1 atom stereocenters. The zero-order valence-corrected chi connectivity index (χ0v) is 5.43. The van der Waals surface area contributed by atoms with E-state index < -0.39 is 12.0 Å². The van der Waals surface area contributed by atoms with E-state index in [9.17, 15) is 9.18 Å². The fourth-order valence-corrected chi connectivity index (χ4v) is 0.873. The van der Waals surface area contributed by atoms with Crippen molar-refractivity contribution in [2.45, 2.75) is 19.0 Å². The van der Waals surface area contributed by atoms with Gasteiger partial charge >= 0.3 is 0 Å². The van der Waals surface area contributed by atoms with E-state index in [0.29, 0.717) is 12.0 Å². The average molecular weight is 138 g/mol. The quantitative estimate of drug-likeness (QED) is 0.460. The second-order valence-corrected chi connectivity index (χ2v) is 2.22. The lowest BCUT2D eigenvalue weighted by atomic mass is 9.98. The molecule has 0 saturated heterocycles. The van der Waals surface area contributed by atoms with Crippen LogP contribution in [0.5, 0.6) is 0 Å². The lowest BCUT2D eigenvalue weighted by molar-refractivity contribution is -0.119. The minimum absolute atomic E-state index is 0.245. The maximum absolute atomic E-state index is 12.4. The first kappa shape index (κ1) is 7.01. The molecule has 10 heavy (non-hydrogen) atoms. The van der Waals surface area contributed by atoms with E-state index >= 15 is 0 Å². The molecule has 0 bridgehead atoms. The molecular weight excluding hydrogens is 131 g/mol. The van der Waals surface area contributed by atoms with Crippen molar-refractivity contribution < 1.29 is 9.18 Å². The molecule has 52 valence electrons. The summed E-state index contributed by atoms with van der Waals surface area (Å²) in [5.74, 6) is 1.84. The zero-order chi connectivity index (χ0) is 7.56. The molecule has 0 aliphatic heterocycles. The normalized spacial score (nSPS) is 25.4. The summed E-state index contributed by atoms with van der Waals surface area (Å²) in [5, 5.41) is 0. The largest absolute Gasteiger partial charge is 0.292 e. The number of alkyl halides is 1. The molecule has 0 radical (unpaired) electrons. The summed E-state index contributed by atoms with van der Waals surface area (Å²) in [5.41, 5.74) is 0.610. The van der Waals surface area contributed by atoms with Crippen molar-refractivity contribution in [3.8, 4) is 12.3 Å². The number of rotatable bonds is 0. The molecule has 1 unspecified atom stereocenters. The Morgan fingerprint density at radius 3 is 3.00 bits per heavy atom. The Hall–Kier alpha value is -1.10. The van der Waals surface area contributed by atoms with Gasteiger partial charge in [-0.3, -0.25) is 4.79 Å². The van der Waals surface area contributed by atoms with Crippen LogP contribution in [0, 0.1) is 12.3 Å². The second-order valence-electron chi connectivity index (χ2n) is 2.22. The van der Waals surface area contributed by atoms with Gasteiger partial charge < -0.3 is 0 Å². The second kappa shape index (κ2) is 2.66. The van der Waals surface area contributed by atoms with Crippen LogP contribution < -0.4 is 0 Å². The molecule has 0 aromatic heterocycles. The predicted molar refractivity (Wildman–Crippen MR) is 36.1 cm³/mol. The number of ketones is 1. The highest BCUT2D eigenvalue weighted by molar-refractivity contribution is 5.95. The van der Waals surface area contributed by atoms with Crippen LogP contribution in [0.25, 0.3) is 0 Å². The third-order valence-corrected chi connectivity index (χ3v) is 1.48. The van der Waals surface area contributed by atoms with E-state index in [-0.39, 0.29) is 6.42 Å². The van der Waals surface area contributed by atoms with Crippen molar-refractivity contribution in [1.82, 2.24) is 0 Å². The van der Waals surface area contributed by atoms with E-state index in [1.807, 2.05) is 0 Å². The highest BCUT2D eigenvalue weighted by atomic mass is 19.1. The van der Waals surface area contributed by atoms with Gasteiger partial charge in [0.25, 0.3) is 0 Å². The van der Waals surface area contributed by atoms with Gasteiger partial charge in [-0.2, -0.15) is 0 Å². The fourth-order valence-electron chi connectivity index (χ4n) is 0.873. The highest BCUT2D eigenvalue weighted by Gasteiger charge is 2.19. The monoisotopic (exact) mass is 138 g/mol. The summed E-state index contributed by atoms with van der Waals surface area (Å²) in [4.78, 5) is 10.6. The van der Waals surface area contributed by atoms with E-state index in [4.69, 9.17) is 6.42 Å². The van der Waals surface area contributed by atoms with Crippen LogP contribution in [0.3, 0.4) is 0 Å². The van der Waals surface area contributed by atoms with Gasteiger partial charge in [0.2, 0.25) is 0 Å². The number of carbonyl (C=O) groups excluding carboxylic acids is 1. The van der Waals surface area contributed by atoms with Gasteiger partial charge in [-0.25, -0.2) is 4.39 Å². The van der Waals surface area contributed by atoms with Crippen LogP contribution >= 0.6 is 0 Å². The Kier molecular flexibility index (Phi) is 1.86. The van der Waals surface area contributed by atoms with Crippen molar-refractivity contribution in [1.29, 1.82) is 0 Å². The van der Waals surface area contributed by atoms with Crippen LogP contribution in [-0.4, -0.2) is 12.0 Å². The van der Waals surface area contributed by atoms with Crippen molar-refractivity contribution in [2.24, 2.45) is 0 Å². The minimum atomic E-state index is -1.32. The Morgan fingerprint density at radius 1 is 1.80 bits per heavy atom. The lowest BCUT2D eigenvalue weighted by Crippen LogP contribution is -2.17. The molecule has 0 aromatic rings. The van der Waals surface area contributed by atoms with Crippen LogP contribution in [-0.2, 0) is 4.79 Å². The van der Waals surface area contributed by atoms with Crippen molar-refractivity contribution in [3.05, 3.63) is 11.6 Å². The standard InChI is InChI=1S/C8H7FO/c1-2-6-3-4-7(9)8(10)5-6/h1,5,7H,3-4H2. The molecular formula is C8H7FO. The van der Waals surface area contributed by atoms with Gasteiger partial charge in [0.15, 0.2) is 12.0 Å². The van der Waals surface area contributed by atoms with Gasteiger partial charge in [-0.1, -0.05) is 5.92 Å². The van der Waals surface area contributed by atoms with Crippen LogP contribution in [0.2, 0.25) is 0 Å². The van der Waals surface area contributed by atoms with Gasteiger partial charge in [-0.05, 0) is 18.9 Å². The molecule has 0 heterocycles. The predicted octanol–water partition coefficient (Wildman–Crippen LogP) is 1.25. The molecule has 0 spiro atoms. The SMILES string of the molecule is C#CC1=CC(=O)C(F)CC1. The smallest absolute Gasteiger partial charge is 0.190 e. The van der Waals surface area contributed by atoms with E-state index in [1.165, 1.54) is 6.08 Å². The third-order valence-electron chi connectivity index (χ3n) is 1.48. The molecule has 0 N–H and O–H groups in total. The molecule has 0 aromatic carbocycles. The number of allylic oxidation sites excluding steroid dienone is 2. The zero-order valence-electron chi connectivity index (χ0n) is 5.43. The molecule has 0 amide bonds. The molecule has 1 aliphatic carbocycles. The first-order chi connectivity index (χ1) is 4.74. The summed E-state index contributed by atoms with van der Waals surface area (Å²) in [6, 6.07) is 0. The molecule has 2 heteroatoms. The molecule has 1 rings (SSSR count). The molecule has 0 saturated carbocycles. The fraction of sp³-hybridized carbons (Fsp3) is 0.375. The van der Waals surface area contributed by atoms with E-state index in [2.05, 4.69) is 5.92 Å². The number of carbonyl (C=O) groups is 1. The summed E-state index contributed by atoms with van der Waals surface area (Å²) in [6.07, 6.45) is 5.67.